The first-order valence-electron chi connectivity index (χ1n) is 10.5. The smallest absolute Gasteiger partial charge is 0.128 e. The van der Waals surface area contributed by atoms with Crippen molar-refractivity contribution in [2.75, 3.05) is 43.6 Å². The SMILES string of the molecule is C=C(C)/C=C(\C(=C)Cl)c1ccc(OC)cc1.C=CNc1ccc(N2CCCOCC2)nc1. The van der Waals surface area contributed by atoms with Crippen molar-refractivity contribution in [3.63, 3.8) is 0 Å². The maximum absolute atomic E-state index is 5.96. The summed E-state index contributed by atoms with van der Waals surface area (Å²) >= 11 is 5.96. The first-order valence-corrected chi connectivity index (χ1v) is 10.8. The minimum absolute atomic E-state index is 0.508. The monoisotopic (exact) mass is 453 g/mol. The summed E-state index contributed by atoms with van der Waals surface area (Å²) in [7, 11) is 1.64. The zero-order chi connectivity index (χ0) is 23.3. The van der Waals surface area contributed by atoms with Gasteiger partial charge in [-0.25, -0.2) is 4.98 Å². The first kappa shape index (κ1) is 25.2. The molecule has 0 unspecified atom stereocenters. The van der Waals surface area contributed by atoms with Crippen molar-refractivity contribution in [2.45, 2.75) is 13.3 Å². The van der Waals surface area contributed by atoms with E-state index in [2.05, 4.69) is 34.9 Å². The second kappa shape index (κ2) is 13.4. The van der Waals surface area contributed by atoms with Gasteiger partial charge in [-0.2, -0.15) is 0 Å². The summed E-state index contributed by atoms with van der Waals surface area (Å²) in [5.74, 6) is 1.83. The van der Waals surface area contributed by atoms with Gasteiger partial charge in [0.15, 0.2) is 0 Å². The number of pyridine rings is 1. The van der Waals surface area contributed by atoms with Gasteiger partial charge in [0.05, 0.1) is 25.6 Å². The number of hydrogen-bond donors (Lipinski definition) is 1. The lowest BCUT2D eigenvalue weighted by molar-refractivity contribution is 0.152. The number of allylic oxidation sites excluding steroid dienone is 4. The average Bonchev–Trinajstić information content (AvgIpc) is 3.08. The van der Waals surface area contributed by atoms with E-state index in [-0.39, 0.29) is 0 Å². The number of ether oxygens (including phenoxy) is 2. The lowest BCUT2D eigenvalue weighted by Crippen LogP contribution is -2.26. The van der Waals surface area contributed by atoms with Crippen LogP contribution in [0.25, 0.3) is 5.57 Å². The van der Waals surface area contributed by atoms with Crippen LogP contribution in [0, 0.1) is 0 Å². The Kier molecular flexibility index (Phi) is 10.6. The minimum atomic E-state index is 0.508. The number of nitrogens with zero attached hydrogens (tertiary/aromatic N) is 2. The van der Waals surface area contributed by atoms with Crippen LogP contribution < -0.4 is 15.0 Å². The van der Waals surface area contributed by atoms with Gasteiger partial charge in [0, 0.05) is 24.7 Å². The van der Waals surface area contributed by atoms with Crippen LogP contribution in [0.15, 0.2) is 85.2 Å². The molecule has 0 atom stereocenters. The molecule has 1 N–H and O–H groups in total. The van der Waals surface area contributed by atoms with Gasteiger partial charge in [0.25, 0.3) is 0 Å². The summed E-state index contributed by atoms with van der Waals surface area (Å²) in [5, 5.41) is 3.52. The van der Waals surface area contributed by atoms with Crippen molar-refractivity contribution in [2.24, 2.45) is 0 Å². The van der Waals surface area contributed by atoms with E-state index in [9.17, 15) is 0 Å². The fourth-order valence-corrected chi connectivity index (χ4v) is 3.25. The van der Waals surface area contributed by atoms with Crippen molar-refractivity contribution in [3.8, 4) is 5.75 Å². The van der Waals surface area contributed by atoms with Crippen LogP contribution in [0.5, 0.6) is 5.75 Å². The van der Waals surface area contributed by atoms with E-state index in [0.29, 0.717) is 5.03 Å². The molecular formula is C26H32ClN3O2. The second-order valence-corrected chi connectivity index (χ2v) is 7.70. The molecule has 2 heterocycles. The van der Waals surface area contributed by atoms with E-state index in [1.54, 1.807) is 13.3 Å². The number of benzene rings is 1. The third-order valence-electron chi connectivity index (χ3n) is 4.65. The van der Waals surface area contributed by atoms with Crippen LogP contribution in [-0.2, 0) is 4.74 Å². The van der Waals surface area contributed by atoms with Gasteiger partial charge < -0.3 is 19.7 Å². The maximum atomic E-state index is 5.96. The van der Waals surface area contributed by atoms with Crippen LogP contribution in [-0.4, -0.2) is 38.4 Å². The summed E-state index contributed by atoms with van der Waals surface area (Å²) in [5.41, 5.74) is 3.79. The third kappa shape index (κ3) is 8.25. The molecule has 2 aromatic rings. The van der Waals surface area contributed by atoms with Crippen molar-refractivity contribution >= 4 is 28.7 Å². The molecule has 0 radical (unpaired) electrons. The Morgan fingerprint density at radius 1 is 1.16 bits per heavy atom. The molecule has 3 rings (SSSR count). The van der Waals surface area contributed by atoms with Gasteiger partial charge >= 0.3 is 0 Å². The standard InChI is InChI=1S/C14H15ClO.C12H17N3O/c1-10(2)9-14(11(3)15)12-5-7-13(16-4)8-6-12;1-2-13-11-4-5-12(14-10-11)15-6-3-8-16-9-7-15/h5-9H,1,3H2,2,4H3;2,4-5,10,13H,1,3,6-9H2/b14-9+;. The third-order valence-corrected chi connectivity index (χ3v) is 4.85. The summed E-state index contributed by atoms with van der Waals surface area (Å²) in [6, 6.07) is 11.7. The van der Waals surface area contributed by atoms with Gasteiger partial charge in [-0.15, -0.1) is 0 Å². The Morgan fingerprint density at radius 3 is 2.47 bits per heavy atom. The molecule has 0 amide bonds. The largest absolute Gasteiger partial charge is 0.497 e. The van der Waals surface area contributed by atoms with Crippen molar-refractivity contribution in [1.82, 2.24) is 4.98 Å². The Bertz CT molecular complexity index is 913. The summed E-state index contributed by atoms with van der Waals surface area (Å²) in [4.78, 5) is 6.68. The van der Waals surface area contributed by atoms with E-state index in [1.165, 1.54) is 0 Å². The molecule has 6 heteroatoms. The topological polar surface area (TPSA) is 46.6 Å². The second-order valence-electron chi connectivity index (χ2n) is 7.24. The molecule has 0 bridgehead atoms. The highest BCUT2D eigenvalue weighted by Crippen LogP contribution is 2.27. The van der Waals surface area contributed by atoms with Crippen LogP contribution in [0.1, 0.15) is 18.9 Å². The Balaban J connectivity index is 0.000000227. The van der Waals surface area contributed by atoms with E-state index in [0.717, 1.165) is 66.7 Å². The zero-order valence-electron chi connectivity index (χ0n) is 18.9. The number of methoxy groups -OCH3 is 1. The fraction of sp³-hybridized carbons (Fsp3) is 0.269. The van der Waals surface area contributed by atoms with Gasteiger partial charge in [0.1, 0.15) is 11.6 Å². The van der Waals surface area contributed by atoms with E-state index < -0.39 is 0 Å². The molecule has 32 heavy (non-hydrogen) atoms. The van der Waals surface area contributed by atoms with Crippen molar-refractivity contribution < 1.29 is 9.47 Å². The first-order chi connectivity index (χ1) is 15.4. The van der Waals surface area contributed by atoms with Crippen molar-refractivity contribution in [1.29, 1.82) is 0 Å². The minimum Gasteiger partial charge on any atom is -0.497 e. The fourth-order valence-electron chi connectivity index (χ4n) is 3.09. The van der Waals surface area contributed by atoms with E-state index in [4.69, 9.17) is 21.1 Å². The number of nitrogens with one attached hydrogen (secondary N) is 1. The number of rotatable bonds is 7. The predicted molar refractivity (Wildman–Crippen MR) is 136 cm³/mol. The Labute approximate surface area is 196 Å². The molecule has 1 fully saturated rings. The summed E-state index contributed by atoms with van der Waals surface area (Å²) in [6.07, 6.45) is 6.45. The molecule has 0 spiro atoms. The number of aromatic nitrogens is 1. The van der Waals surface area contributed by atoms with Crippen LogP contribution in [0.4, 0.5) is 11.5 Å². The highest BCUT2D eigenvalue weighted by Gasteiger charge is 2.10. The molecule has 1 aromatic heterocycles. The highest BCUT2D eigenvalue weighted by molar-refractivity contribution is 6.36. The number of hydrogen-bond acceptors (Lipinski definition) is 5. The summed E-state index contributed by atoms with van der Waals surface area (Å²) in [6.45, 7) is 16.7. The quantitative estimate of drug-likeness (QED) is 0.500. The van der Waals surface area contributed by atoms with Crippen molar-refractivity contribution in [3.05, 3.63) is 90.8 Å². The van der Waals surface area contributed by atoms with Gasteiger partial charge in [-0.05, 0) is 54.9 Å². The van der Waals surface area contributed by atoms with Crippen LogP contribution in [0.2, 0.25) is 0 Å². The maximum Gasteiger partial charge on any atom is 0.128 e. The molecule has 5 nitrogen and oxygen atoms in total. The Morgan fingerprint density at radius 2 is 1.91 bits per heavy atom. The summed E-state index contributed by atoms with van der Waals surface area (Å²) < 4.78 is 10.5. The molecule has 1 aliphatic heterocycles. The molecule has 1 aliphatic rings. The molecule has 1 aromatic carbocycles. The highest BCUT2D eigenvalue weighted by atomic mass is 35.5. The molecule has 0 saturated carbocycles. The number of halogens is 1. The van der Waals surface area contributed by atoms with Gasteiger partial charge in [-0.3, -0.25) is 0 Å². The molecule has 0 aliphatic carbocycles. The Hall–Kier alpha value is -3.02. The lowest BCUT2D eigenvalue weighted by atomic mass is 10.0. The molecule has 170 valence electrons. The zero-order valence-corrected chi connectivity index (χ0v) is 19.7. The van der Waals surface area contributed by atoms with Gasteiger partial charge in [-0.1, -0.05) is 55.1 Å². The van der Waals surface area contributed by atoms with Crippen LogP contribution in [0.3, 0.4) is 0 Å². The normalized spacial score (nSPS) is 13.8. The van der Waals surface area contributed by atoms with E-state index >= 15 is 0 Å². The average molecular weight is 454 g/mol. The predicted octanol–water partition coefficient (Wildman–Crippen LogP) is 6.27. The molecule has 1 saturated heterocycles. The lowest BCUT2D eigenvalue weighted by Gasteiger charge is -2.20. The van der Waals surface area contributed by atoms with Crippen LogP contribution >= 0.6 is 11.6 Å². The number of anilines is 2. The van der Waals surface area contributed by atoms with Gasteiger partial charge in [0.2, 0.25) is 0 Å². The van der Waals surface area contributed by atoms with E-state index in [1.807, 2.05) is 55.6 Å². The molecular weight excluding hydrogens is 422 g/mol.